The van der Waals surface area contributed by atoms with Crippen LogP contribution >= 0.6 is 23.2 Å². The molecule has 2 aliphatic heterocycles. The quantitative estimate of drug-likeness (QED) is 0.383. The molecule has 2 aromatic rings. The first kappa shape index (κ1) is 28.9. The number of halogens is 3. The molecular formula is C33H40Cl2FN3O2. The van der Waals surface area contributed by atoms with Crippen LogP contribution in [-0.4, -0.2) is 41.4 Å². The number of nitrogens with zero attached hydrogens (tertiary/aromatic N) is 1. The van der Waals surface area contributed by atoms with E-state index in [2.05, 4.69) is 24.5 Å². The Kier molecular flexibility index (Phi) is 7.65. The van der Waals surface area contributed by atoms with Crippen molar-refractivity contribution in [1.82, 2.24) is 10.2 Å². The van der Waals surface area contributed by atoms with Crippen LogP contribution in [0.15, 0.2) is 36.4 Å². The van der Waals surface area contributed by atoms with Gasteiger partial charge in [0.05, 0.1) is 11.1 Å². The second-order valence-electron chi connectivity index (χ2n) is 13.1. The minimum absolute atomic E-state index is 0.0106. The third-order valence-corrected chi connectivity index (χ3v) is 11.4. The summed E-state index contributed by atoms with van der Waals surface area (Å²) in [4.78, 5) is 31.0. The molecular weight excluding hydrogens is 560 g/mol. The van der Waals surface area contributed by atoms with Crippen molar-refractivity contribution in [2.24, 2.45) is 11.8 Å². The Morgan fingerprint density at radius 1 is 1.05 bits per heavy atom. The van der Waals surface area contributed by atoms with Crippen molar-refractivity contribution in [3.8, 4) is 0 Å². The molecule has 1 saturated heterocycles. The SMILES string of the molecule is CC(C)C1CCC(N(C)C(=O)[C@@H]2NC3(CCCCC3)[C@@]3(C(=O)Nc4cc(Cl)ccc43)[C@H]2c2cccc(Cl)c2F)CC1. The highest BCUT2D eigenvalue weighted by atomic mass is 35.5. The summed E-state index contributed by atoms with van der Waals surface area (Å²) in [7, 11) is 1.89. The molecule has 3 atom stereocenters. The Morgan fingerprint density at radius 2 is 1.76 bits per heavy atom. The number of hydrogen-bond acceptors (Lipinski definition) is 3. The summed E-state index contributed by atoms with van der Waals surface area (Å²) < 4.78 is 16.1. The summed E-state index contributed by atoms with van der Waals surface area (Å²) in [6.07, 6.45) is 8.42. The van der Waals surface area contributed by atoms with Gasteiger partial charge in [-0.1, -0.05) is 74.5 Å². The number of amides is 2. The standard InChI is InChI=1S/C33H40Cl2FN3O2/c1-19(2)20-10-13-22(14-11-20)39(3)30(40)29-27(23-8-7-9-25(35)28(23)36)33(32(38-29)16-5-4-6-17-32)24-15-12-21(34)18-26(24)37-31(33)41/h7-9,12,15,18-20,22,27,29,38H,4-6,10-11,13-14,16-17H2,1-3H3,(H,37,41)/t20?,22?,27-,29+,33+/m0/s1. The van der Waals surface area contributed by atoms with Gasteiger partial charge in [-0.05, 0) is 79.7 Å². The van der Waals surface area contributed by atoms with Crippen molar-refractivity contribution >= 4 is 40.7 Å². The monoisotopic (exact) mass is 599 g/mol. The molecule has 6 rings (SSSR count). The van der Waals surface area contributed by atoms with Crippen molar-refractivity contribution in [1.29, 1.82) is 0 Å². The van der Waals surface area contributed by atoms with Crippen LogP contribution in [0.25, 0.3) is 0 Å². The summed E-state index contributed by atoms with van der Waals surface area (Å²) in [5.41, 5.74) is -0.198. The summed E-state index contributed by atoms with van der Waals surface area (Å²) in [5.74, 6) is -0.343. The molecule has 3 fully saturated rings. The van der Waals surface area contributed by atoms with Gasteiger partial charge in [-0.3, -0.25) is 14.9 Å². The molecule has 2 aliphatic carbocycles. The zero-order valence-corrected chi connectivity index (χ0v) is 25.6. The maximum absolute atomic E-state index is 16.1. The van der Waals surface area contributed by atoms with E-state index in [1.807, 2.05) is 18.0 Å². The van der Waals surface area contributed by atoms with E-state index in [4.69, 9.17) is 23.2 Å². The number of fused-ring (bicyclic) bond motifs is 3. The van der Waals surface area contributed by atoms with Gasteiger partial charge in [0.1, 0.15) is 11.2 Å². The van der Waals surface area contributed by atoms with E-state index in [0.717, 1.165) is 50.5 Å². The van der Waals surface area contributed by atoms with Crippen LogP contribution in [0.1, 0.15) is 88.7 Å². The van der Waals surface area contributed by atoms with Gasteiger partial charge in [0, 0.05) is 35.3 Å². The lowest BCUT2D eigenvalue weighted by atomic mass is 9.55. The summed E-state index contributed by atoms with van der Waals surface area (Å²) in [5, 5.41) is 7.38. The smallest absolute Gasteiger partial charge is 0.240 e. The van der Waals surface area contributed by atoms with E-state index in [0.29, 0.717) is 41.0 Å². The van der Waals surface area contributed by atoms with Crippen molar-refractivity contribution in [3.63, 3.8) is 0 Å². The van der Waals surface area contributed by atoms with Gasteiger partial charge in [0.2, 0.25) is 11.8 Å². The Balaban J connectivity index is 1.50. The Labute approximate surface area is 252 Å². The summed E-state index contributed by atoms with van der Waals surface area (Å²) in [6.45, 7) is 4.54. The fraction of sp³-hybridized carbons (Fsp3) is 0.576. The first-order valence-corrected chi connectivity index (χ1v) is 16.0. The lowest BCUT2D eigenvalue weighted by Gasteiger charge is -2.47. The molecule has 0 unspecified atom stereocenters. The van der Waals surface area contributed by atoms with E-state index in [-0.39, 0.29) is 22.9 Å². The fourth-order valence-corrected chi connectivity index (χ4v) is 9.11. The molecule has 220 valence electrons. The minimum atomic E-state index is -1.20. The van der Waals surface area contributed by atoms with E-state index in [1.54, 1.807) is 24.3 Å². The van der Waals surface area contributed by atoms with Gasteiger partial charge in [-0.2, -0.15) is 0 Å². The van der Waals surface area contributed by atoms with Crippen molar-refractivity contribution < 1.29 is 14.0 Å². The third kappa shape index (κ3) is 4.42. The summed E-state index contributed by atoms with van der Waals surface area (Å²) in [6, 6.07) is 9.71. The second-order valence-corrected chi connectivity index (χ2v) is 13.9. The summed E-state index contributed by atoms with van der Waals surface area (Å²) >= 11 is 12.7. The molecule has 5 nitrogen and oxygen atoms in total. The topological polar surface area (TPSA) is 61.4 Å². The molecule has 2 aromatic carbocycles. The van der Waals surface area contributed by atoms with Crippen LogP contribution in [0.2, 0.25) is 10.0 Å². The first-order valence-electron chi connectivity index (χ1n) is 15.2. The van der Waals surface area contributed by atoms with Crippen LogP contribution in [0.4, 0.5) is 10.1 Å². The number of hydrogen-bond donors (Lipinski definition) is 2. The maximum atomic E-state index is 16.1. The highest BCUT2D eigenvalue weighted by Gasteiger charge is 2.72. The molecule has 4 aliphatic rings. The zero-order chi connectivity index (χ0) is 29.1. The highest BCUT2D eigenvalue weighted by Crippen LogP contribution is 2.63. The van der Waals surface area contributed by atoms with Crippen LogP contribution in [-0.2, 0) is 15.0 Å². The van der Waals surface area contributed by atoms with Gasteiger partial charge in [0.15, 0.2) is 0 Å². The highest BCUT2D eigenvalue weighted by molar-refractivity contribution is 6.31. The number of carbonyl (C=O) groups is 2. The number of nitrogens with one attached hydrogen (secondary N) is 2. The van der Waals surface area contributed by atoms with Gasteiger partial charge < -0.3 is 10.2 Å². The number of carbonyl (C=O) groups excluding carboxylic acids is 2. The Bertz CT molecular complexity index is 1350. The zero-order valence-electron chi connectivity index (χ0n) is 24.1. The molecule has 0 radical (unpaired) electrons. The Hall–Kier alpha value is -2.15. The van der Waals surface area contributed by atoms with E-state index >= 15 is 4.39 Å². The molecule has 2 N–H and O–H groups in total. The number of likely N-dealkylation sites (N-methyl/N-ethyl adjacent to an activating group) is 1. The molecule has 2 saturated carbocycles. The van der Waals surface area contributed by atoms with E-state index in [1.165, 1.54) is 6.07 Å². The lowest BCUT2D eigenvalue weighted by molar-refractivity contribution is -0.135. The number of benzene rings is 2. The average Bonchev–Trinajstić information content (AvgIpc) is 3.41. The van der Waals surface area contributed by atoms with Crippen molar-refractivity contribution in [2.75, 3.05) is 12.4 Å². The van der Waals surface area contributed by atoms with E-state index < -0.39 is 28.7 Å². The number of anilines is 1. The third-order valence-electron chi connectivity index (χ3n) is 10.9. The van der Waals surface area contributed by atoms with Crippen LogP contribution in [0.3, 0.4) is 0 Å². The number of rotatable bonds is 4. The lowest BCUT2D eigenvalue weighted by Crippen LogP contribution is -2.60. The van der Waals surface area contributed by atoms with Gasteiger partial charge in [-0.25, -0.2) is 4.39 Å². The Morgan fingerprint density at radius 3 is 2.44 bits per heavy atom. The molecule has 2 amide bonds. The minimum Gasteiger partial charge on any atom is -0.341 e. The molecule has 41 heavy (non-hydrogen) atoms. The van der Waals surface area contributed by atoms with Gasteiger partial charge in [0.25, 0.3) is 0 Å². The van der Waals surface area contributed by atoms with E-state index in [9.17, 15) is 9.59 Å². The first-order chi connectivity index (χ1) is 19.6. The molecule has 0 aromatic heterocycles. The molecule has 2 spiro atoms. The van der Waals surface area contributed by atoms with Crippen molar-refractivity contribution in [2.45, 2.75) is 101 Å². The molecule has 8 heteroatoms. The predicted molar refractivity (Wildman–Crippen MR) is 162 cm³/mol. The van der Waals surface area contributed by atoms with Crippen LogP contribution in [0.5, 0.6) is 0 Å². The second kappa shape index (κ2) is 10.8. The fourth-order valence-electron chi connectivity index (χ4n) is 8.76. The maximum Gasteiger partial charge on any atom is 0.240 e. The van der Waals surface area contributed by atoms with Crippen LogP contribution in [0, 0.1) is 17.7 Å². The van der Waals surface area contributed by atoms with Crippen LogP contribution < -0.4 is 10.6 Å². The van der Waals surface area contributed by atoms with Crippen molar-refractivity contribution in [3.05, 3.63) is 63.4 Å². The van der Waals surface area contributed by atoms with Gasteiger partial charge >= 0.3 is 0 Å². The average molecular weight is 601 g/mol. The molecule has 2 heterocycles. The van der Waals surface area contributed by atoms with Gasteiger partial charge in [-0.15, -0.1) is 0 Å². The normalized spacial score (nSPS) is 30.6. The largest absolute Gasteiger partial charge is 0.341 e. The molecule has 0 bridgehead atoms. The predicted octanol–water partition coefficient (Wildman–Crippen LogP) is 7.45.